The van der Waals surface area contributed by atoms with Crippen LogP contribution in [0.25, 0.3) is 0 Å². The largest absolute Gasteiger partial charge is 0.506 e. The number of dihydropyridines is 1. The van der Waals surface area contributed by atoms with Gasteiger partial charge in [0, 0.05) is 36.7 Å². The Bertz CT molecular complexity index is 1070. The molecule has 27 heavy (non-hydrogen) atoms. The topological polar surface area (TPSA) is 87.0 Å². The van der Waals surface area contributed by atoms with Crippen molar-refractivity contribution in [3.05, 3.63) is 82.3 Å². The first kappa shape index (κ1) is 16.9. The fourth-order valence-corrected chi connectivity index (χ4v) is 3.33. The lowest BCUT2D eigenvalue weighted by atomic mass is 9.93. The summed E-state index contributed by atoms with van der Waals surface area (Å²) in [4.78, 5) is 43.6. The van der Waals surface area contributed by atoms with E-state index in [4.69, 9.17) is 0 Å². The number of aliphatic hydroxyl groups is 1. The van der Waals surface area contributed by atoms with Crippen molar-refractivity contribution in [2.24, 2.45) is 10.9 Å². The molecule has 3 aliphatic rings. The molecule has 0 saturated carbocycles. The maximum Gasteiger partial charge on any atom is 0.253 e. The SMILES string of the molecule is CN(C)C(=O)c1ccc2c(c1)C(=O)/C(=C1/N=C3C=CC=CC3C=C1O)C2=O. The van der Waals surface area contributed by atoms with E-state index in [1.807, 2.05) is 12.2 Å². The number of carbonyl (C=O) groups excluding carboxylic acids is 3. The van der Waals surface area contributed by atoms with Crippen molar-refractivity contribution in [1.82, 2.24) is 4.90 Å². The molecule has 1 N–H and O–H groups in total. The van der Waals surface area contributed by atoms with Gasteiger partial charge < -0.3 is 10.0 Å². The Labute approximate surface area is 155 Å². The number of ketones is 2. The second-order valence-electron chi connectivity index (χ2n) is 6.70. The lowest BCUT2D eigenvalue weighted by Crippen LogP contribution is -2.21. The number of allylic oxidation sites excluding steroid dienone is 6. The Morgan fingerprint density at radius 3 is 2.59 bits per heavy atom. The zero-order chi connectivity index (χ0) is 19.3. The van der Waals surface area contributed by atoms with Crippen molar-refractivity contribution in [2.75, 3.05) is 14.1 Å². The van der Waals surface area contributed by atoms with Gasteiger partial charge in [-0.25, -0.2) is 4.99 Å². The van der Waals surface area contributed by atoms with Gasteiger partial charge in [-0.15, -0.1) is 0 Å². The van der Waals surface area contributed by atoms with Crippen molar-refractivity contribution in [3.8, 4) is 0 Å². The highest BCUT2D eigenvalue weighted by molar-refractivity contribution is 6.40. The quantitative estimate of drug-likeness (QED) is 0.616. The molecule has 0 radical (unpaired) electrons. The predicted molar refractivity (Wildman–Crippen MR) is 100 cm³/mol. The summed E-state index contributed by atoms with van der Waals surface area (Å²) in [6.07, 6.45) is 8.85. The third-order valence-electron chi connectivity index (χ3n) is 4.71. The van der Waals surface area contributed by atoms with E-state index in [9.17, 15) is 19.5 Å². The number of rotatable bonds is 1. The number of benzene rings is 1. The standard InChI is InChI=1S/C21H16N2O4/c1-23(2)21(27)12-7-8-13-14(9-12)20(26)17(19(13)25)18-16(24)10-11-5-3-4-6-15(11)22-18/h3-11,24H,1-2H3/b18-17+. The van der Waals surface area contributed by atoms with E-state index in [-0.39, 0.29) is 40.0 Å². The molecule has 2 aliphatic carbocycles. The van der Waals surface area contributed by atoms with E-state index < -0.39 is 11.6 Å². The number of amides is 1. The van der Waals surface area contributed by atoms with Crippen LogP contribution < -0.4 is 0 Å². The van der Waals surface area contributed by atoms with Gasteiger partial charge in [-0.3, -0.25) is 14.4 Å². The number of carbonyl (C=O) groups is 3. The molecule has 1 heterocycles. The van der Waals surface area contributed by atoms with Crippen LogP contribution in [-0.4, -0.2) is 47.3 Å². The van der Waals surface area contributed by atoms with Gasteiger partial charge in [0.15, 0.2) is 11.6 Å². The number of fused-ring (bicyclic) bond motifs is 2. The van der Waals surface area contributed by atoms with E-state index in [1.165, 1.54) is 23.1 Å². The fraction of sp³-hybridized carbons (Fsp3) is 0.143. The first-order valence-electron chi connectivity index (χ1n) is 8.42. The third-order valence-corrected chi connectivity index (χ3v) is 4.71. The molecule has 1 aromatic rings. The molecule has 4 rings (SSSR count). The second-order valence-corrected chi connectivity index (χ2v) is 6.70. The van der Waals surface area contributed by atoms with Gasteiger partial charge in [0.25, 0.3) is 5.91 Å². The monoisotopic (exact) mass is 360 g/mol. The van der Waals surface area contributed by atoms with E-state index >= 15 is 0 Å². The van der Waals surface area contributed by atoms with Gasteiger partial charge in [0.05, 0.1) is 11.3 Å². The second kappa shape index (κ2) is 6.02. The van der Waals surface area contributed by atoms with Crippen molar-refractivity contribution >= 4 is 23.2 Å². The van der Waals surface area contributed by atoms with Gasteiger partial charge >= 0.3 is 0 Å². The molecule has 1 amide bonds. The van der Waals surface area contributed by atoms with E-state index in [0.717, 1.165) is 0 Å². The average molecular weight is 360 g/mol. The van der Waals surface area contributed by atoms with Gasteiger partial charge in [-0.2, -0.15) is 0 Å². The Balaban J connectivity index is 1.83. The smallest absolute Gasteiger partial charge is 0.253 e. The number of hydrogen-bond acceptors (Lipinski definition) is 5. The van der Waals surface area contributed by atoms with Crippen molar-refractivity contribution in [1.29, 1.82) is 0 Å². The van der Waals surface area contributed by atoms with Gasteiger partial charge in [0.2, 0.25) is 0 Å². The Morgan fingerprint density at radius 1 is 1.11 bits per heavy atom. The summed E-state index contributed by atoms with van der Waals surface area (Å²) in [7, 11) is 3.22. The van der Waals surface area contributed by atoms with Gasteiger partial charge in [0.1, 0.15) is 11.5 Å². The predicted octanol–water partition coefficient (Wildman–Crippen LogP) is 2.66. The summed E-state index contributed by atoms with van der Waals surface area (Å²) in [5, 5.41) is 10.4. The number of Topliss-reactive ketones (excluding diaryl/α,β-unsaturated/α-hetero) is 2. The van der Waals surface area contributed by atoms with Gasteiger partial charge in [-0.05, 0) is 30.4 Å². The van der Waals surface area contributed by atoms with Crippen molar-refractivity contribution in [2.45, 2.75) is 0 Å². The summed E-state index contributed by atoms with van der Waals surface area (Å²) in [5.74, 6) is -1.67. The molecule has 6 heteroatoms. The van der Waals surface area contributed by atoms with Crippen LogP contribution >= 0.6 is 0 Å². The summed E-state index contributed by atoms with van der Waals surface area (Å²) >= 11 is 0. The van der Waals surface area contributed by atoms with Crippen LogP contribution in [0, 0.1) is 5.92 Å². The molecule has 1 atom stereocenters. The molecule has 1 aromatic carbocycles. The highest BCUT2D eigenvalue weighted by atomic mass is 16.3. The molecule has 134 valence electrons. The molecule has 1 aliphatic heterocycles. The Hall–Kier alpha value is -3.54. The summed E-state index contributed by atoms with van der Waals surface area (Å²) in [6, 6.07) is 4.42. The fourth-order valence-electron chi connectivity index (χ4n) is 3.33. The minimum atomic E-state index is -0.531. The molecular formula is C21H16N2O4. The van der Waals surface area contributed by atoms with E-state index in [0.29, 0.717) is 11.3 Å². The van der Waals surface area contributed by atoms with Crippen LogP contribution in [0.1, 0.15) is 31.1 Å². The van der Waals surface area contributed by atoms with Crippen LogP contribution in [0.3, 0.4) is 0 Å². The Kier molecular flexibility index (Phi) is 3.77. The molecule has 0 aromatic heterocycles. The maximum atomic E-state index is 12.9. The Morgan fingerprint density at radius 2 is 1.85 bits per heavy atom. The highest BCUT2D eigenvalue weighted by Gasteiger charge is 2.38. The first-order chi connectivity index (χ1) is 12.9. The van der Waals surface area contributed by atoms with Crippen LogP contribution in [0.15, 0.2) is 70.6 Å². The summed E-state index contributed by atoms with van der Waals surface area (Å²) < 4.78 is 0. The lowest BCUT2D eigenvalue weighted by molar-refractivity contribution is 0.0827. The minimum Gasteiger partial charge on any atom is -0.506 e. The van der Waals surface area contributed by atoms with Gasteiger partial charge in [-0.1, -0.05) is 18.2 Å². The molecular weight excluding hydrogens is 344 g/mol. The summed E-state index contributed by atoms with van der Waals surface area (Å²) in [6.45, 7) is 0. The number of hydrogen-bond donors (Lipinski definition) is 1. The molecule has 0 bridgehead atoms. The zero-order valence-electron chi connectivity index (χ0n) is 14.8. The van der Waals surface area contributed by atoms with Crippen LogP contribution in [0.5, 0.6) is 0 Å². The van der Waals surface area contributed by atoms with Crippen LogP contribution in [-0.2, 0) is 0 Å². The van der Waals surface area contributed by atoms with Crippen molar-refractivity contribution in [3.63, 3.8) is 0 Å². The number of nitrogens with zero attached hydrogens (tertiary/aromatic N) is 2. The molecule has 6 nitrogen and oxygen atoms in total. The number of aliphatic imine (C=N–C) groups is 1. The number of aliphatic hydroxyl groups excluding tert-OH is 1. The molecule has 0 saturated heterocycles. The molecule has 0 spiro atoms. The van der Waals surface area contributed by atoms with E-state index in [2.05, 4.69) is 4.99 Å². The summed E-state index contributed by atoms with van der Waals surface area (Å²) in [5.41, 5.74) is 1.16. The highest BCUT2D eigenvalue weighted by Crippen LogP contribution is 2.34. The van der Waals surface area contributed by atoms with Crippen molar-refractivity contribution < 1.29 is 19.5 Å². The lowest BCUT2D eigenvalue weighted by Gasteiger charge is -2.19. The average Bonchev–Trinajstić information content (AvgIpc) is 2.90. The first-order valence-corrected chi connectivity index (χ1v) is 8.42. The molecule has 1 unspecified atom stereocenters. The van der Waals surface area contributed by atoms with Crippen LogP contribution in [0.4, 0.5) is 0 Å². The molecule has 0 fully saturated rings. The van der Waals surface area contributed by atoms with Crippen LogP contribution in [0.2, 0.25) is 0 Å². The minimum absolute atomic E-state index is 0.0205. The third kappa shape index (κ3) is 2.57. The normalized spacial score (nSPS) is 23.0. The van der Waals surface area contributed by atoms with E-state index in [1.54, 1.807) is 32.3 Å². The maximum absolute atomic E-state index is 12.9. The zero-order valence-corrected chi connectivity index (χ0v) is 14.8.